The minimum Gasteiger partial charge on any atom is -0.344 e. The number of amides is 1. The molecule has 0 fully saturated rings. The Kier molecular flexibility index (Phi) is 6.03. The fraction of sp³-hybridized carbons (Fsp3) is 0.320. The van der Waals surface area contributed by atoms with Crippen LogP contribution in [-0.2, 0) is 13.0 Å². The molecular formula is C25H30N2O. The fourth-order valence-corrected chi connectivity index (χ4v) is 4.04. The van der Waals surface area contributed by atoms with Crippen molar-refractivity contribution in [3.8, 4) is 0 Å². The number of nitrogens with zero attached hydrogens (tertiary/aromatic N) is 1. The lowest BCUT2D eigenvalue weighted by Crippen LogP contribution is -2.29. The highest BCUT2D eigenvalue weighted by Crippen LogP contribution is 2.25. The lowest BCUT2D eigenvalue weighted by molar-refractivity contribution is 0.0930. The van der Waals surface area contributed by atoms with Crippen LogP contribution in [-0.4, -0.2) is 10.5 Å². The molecule has 1 N–H and O–H groups in total. The van der Waals surface area contributed by atoms with Crippen molar-refractivity contribution in [2.75, 3.05) is 0 Å². The largest absolute Gasteiger partial charge is 0.344 e. The van der Waals surface area contributed by atoms with Crippen LogP contribution < -0.4 is 5.32 Å². The van der Waals surface area contributed by atoms with Crippen LogP contribution in [0.25, 0.3) is 0 Å². The molecule has 28 heavy (non-hydrogen) atoms. The summed E-state index contributed by atoms with van der Waals surface area (Å²) in [7, 11) is 0. The van der Waals surface area contributed by atoms with Crippen LogP contribution in [0, 0.1) is 20.8 Å². The molecule has 146 valence electrons. The zero-order chi connectivity index (χ0) is 20.3. The summed E-state index contributed by atoms with van der Waals surface area (Å²) >= 11 is 0. The monoisotopic (exact) mass is 374 g/mol. The molecule has 2 aromatic carbocycles. The van der Waals surface area contributed by atoms with Gasteiger partial charge >= 0.3 is 0 Å². The maximum absolute atomic E-state index is 13.3. The SMILES string of the molecule is CCc1c(C)c(C(=O)N[C@H](C)c2ccccc2)n(Cc2cccc(C)c2)c1C. The molecule has 0 saturated carbocycles. The van der Waals surface area contributed by atoms with Gasteiger partial charge in [0.05, 0.1) is 6.04 Å². The Bertz CT molecular complexity index is 970. The summed E-state index contributed by atoms with van der Waals surface area (Å²) in [5.41, 5.74) is 7.87. The van der Waals surface area contributed by atoms with Crippen LogP contribution in [0.5, 0.6) is 0 Å². The van der Waals surface area contributed by atoms with E-state index in [2.05, 4.69) is 61.8 Å². The van der Waals surface area contributed by atoms with E-state index in [1.807, 2.05) is 37.3 Å². The Morgan fingerprint density at radius 1 is 1.04 bits per heavy atom. The molecule has 3 heteroatoms. The van der Waals surface area contributed by atoms with Gasteiger partial charge in [-0.3, -0.25) is 4.79 Å². The van der Waals surface area contributed by atoms with E-state index in [4.69, 9.17) is 0 Å². The number of benzene rings is 2. The maximum Gasteiger partial charge on any atom is 0.268 e. The van der Waals surface area contributed by atoms with Crippen molar-refractivity contribution in [1.82, 2.24) is 9.88 Å². The molecule has 0 aliphatic rings. The number of carbonyl (C=O) groups excluding carboxylic acids is 1. The zero-order valence-corrected chi connectivity index (χ0v) is 17.5. The van der Waals surface area contributed by atoms with Crippen molar-refractivity contribution in [3.05, 3.63) is 93.8 Å². The molecule has 0 radical (unpaired) electrons. The van der Waals surface area contributed by atoms with Crippen molar-refractivity contribution in [2.45, 2.75) is 53.6 Å². The molecule has 0 bridgehead atoms. The predicted octanol–water partition coefficient (Wildman–Crippen LogP) is 5.52. The molecular weight excluding hydrogens is 344 g/mol. The molecule has 1 atom stereocenters. The molecule has 3 rings (SSSR count). The van der Waals surface area contributed by atoms with Crippen LogP contribution >= 0.6 is 0 Å². The highest BCUT2D eigenvalue weighted by Gasteiger charge is 2.23. The summed E-state index contributed by atoms with van der Waals surface area (Å²) < 4.78 is 2.18. The Morgan fingerprint density at radius 2 is 1.75 bits per heavy atom. The minimum absolute atomic E-state index is 0.00990. The standard InChI is InChI=1S/C25H30N2O/c1-6-23-18(3)24(25(28)26-19(4)22-13-8-7-9-14-22)27(20(23)5)16-21-12-10-11-17(2)15-21/h7-15,19H,6,16H2,1-5H3,(H,26,28)/t19-/m1/s1. The third-order valence-electron chi connectivity index (χ3n) is 5.56. The summed E-state index contributed by atoms with van der Waals surface area (Å²) in [4.78, 5) is 13.3. The average molecular weight is 375 g/mol. The molecule has 3 nitrogen and oxygen atoms in total. The Balaban J connectivity index is 1.96. The van der Waals surface area contributed by atoms with E-state index in [1.165, 1.54) is 22.4 Å². The summed E-state index contributed by atoms with van der Waals surface area (Å²) in [5.74, 6) is -0.00990. The van der Waals surface area contributed by atoms with Crippen LogP contribution in [0.2, 0.25) is 0 Å². The molecule has 1 aromatic heterocycles. The maximum atomic E-state index is 13.3. The number of nitrogens with one attached hydrogen (secondary N) is 1. The third-order valence-corrected chi connectivity index (χ3v) is 5.56. The molecule has 0 saturated heterocycles. The first-order valence-electron chi connectivity index (χ1n) is 10.0. The van der Waals surface area contributed by atoms with Crippen molar-refractivity contribution >= 4 is 5.91 Å². The number of hydrogen-bond acceptors (Lipinski definition) is 1. The van der Waals surface area contributed by atoms with Gasteiger partial charge in [0.1, 0.15) is 5.69 Å². The summed E-state index contributed by atoms with van der Waals surface area (Å²) in [6.45, 7) is 11.2. The first kappa shape index (κ1) is 19.9. The van der Waals surface area contributed by atoms with Crippen LogP contribution in [0.15, 0.2) is 54.6 Å². The van der Waals surface area contributed by atoms with Crippen LogP contribution in [0.1, 0.15) is 63.9 Å². The summed E-state index contributed by atoms with van der Waals surface area (Å²) in [6.07, 6.45) is 0.924. The van der Waals surface area contributed by atoms with Gasteiger partial charge in [0, 0.05) is 12.2 Å². The molecule has 1 heterocycles. The van der Waals surface area contributed by atoms with Crippen molar-refractivity contribution < 1.29 is 4.79 Å². The second-order valence-corrected chi connectivity index (χ2v) is 7.57. The van der Waals surface area contributed by atoms with Crippen molar-refractivity contribution in [3.63, 3.8) is 0 Å². The first-order chi connectivity index (χ1) is 13.4. The molecule has 1 amide bonds. The normalized spacial score (nSPS) is 12.0. The second-order valence-electron chi connectivity index (χ2n) is 7.57. The fourth-order valence-electron chi connectivity index (χ4n) is 4.04. The van der Waals surface area contributed by atoms with Crippen LogP contribution in [0.4, 0.5) is 0 Å². The number of carbonyl (C=O) groups is 1. The average Bonchev–Trinajstić information content (AvgIpc) is 2.91. The van der Waals surface area contributed by atoms with E-state index in [9.17, 15) is 4.79 Å². The quantitative estimate of drug-likeness (QED) is 0.606. The number of rotatable bonds is 6. The summed E-state index contributed by atoms with van der Waals surface area (Å²) in [5, 5.41) is 3.20. The highest BCUT2D eigenvalue weighted by atomic mass is 16.2. The molecule has 0 aliphatic carbocycles. The van der Waals surface area contributed by atoms with E-state index >= 15 is 0 Å². The van der Waals surface area contributed by atoms with Gasteiger partial charge in [-0.15, -0.1) is 0 Å². The Labute approximate surface area is 168 Å². The van der Waals surface area contributed by atoms with Gasteiger partial charge in [-0.2, -0.15) is 0 Å². The highest BCUT2D eigenvalue weighted by molar-refractivity contribution is 5.95. The van der Waals surface area contributed by atoms with Gasteiger partial charge < -0.3 is 9.88 Å². The van der Waals surface area contributed by atoms with Crippen LogP contribution in [0.3, 0.4) is 0 Å². The number of hydrogen-bond donors (Lipinski definition) is 1. The van der Waals surface area contributed by atoms with Crippen molar-refractivity contribution in [2.24, 2.45) is 0 Å². The second kappa shape index (κ2) is 8.47. The van der Waals surface area contributed by atoms with Gasteiger partial charge in [0.25, 0.3) is 5.91 Å². The van der Waals surface area contributed by atoms with E-state index in [1.54, 1.807) is 0 Å². The third kappa shape index (κ3) is 4.04. The van der Waals surface area contributed by atoms with E-state index in [0.717, 1.165) is 23.2 Å². The molecule has 0 unspecified atom stereocenters. The zero-order valence-electron chi connectivity index (χ0n) is 17.5. The molecule has 0 spiro atoms. The minimum atomic E-state index is -0.0409. The predicted molar refractivity (Wildman–Crippen MR) is 116 cm³/mol. The molecule has 3 aromatic rings. The van der Waals surface area contributed by atoms with E-state index in [-0.39, 0.29) is 11.9 Å². The summed E-state index contributed by atoms with van der Waals surface area (Å²) in [6, 6.07) is 18.5. The lowest BCUT2D eigenvalue weighted by atomic mass is 10.1. The van der Waals surface area contributed by atoms with E-state index in [0.29, 0.717) is 6.54 Å². The van der Waals surface area contributed by atoms with Gasteiger partial charge in [0.15, 0.2) is 0 Å². The lowest BCUT2D eigenvalue weighted by Gasteiger charge is -2.17. The van der Waals surface area contributed by atoms with Gasteiger partial charge in [-0.1, -0.05) is 67.1 Å². The number of aromatic nitrogens is 1. The first-order valence-corrected chi connectivity index (χ1v) is 10.0. The smallest absolute Gasteiger partial charge is 0.268 e. The van der Waals surface area contributed by atoms with Gasteiger partial charge in [-0.05, 0) is 56.4 Å². The van der Waals surface area contributed by atoms with Crippen molar-refractivity contribution in [1.29, 1.82) is 0 Å². The Morgan fingerprint density at radius 3 is 2.39 bits per heavy atom. The molecule has 0 aliphatic heterocycles. The Hall–Kier alpha value is -2.81. The van der Waals surface area contributed by atoms with E-state index < -0.39 is 0 Å². The topological polar surface area (TPSA) is 34.0 Å². The van der Waals surface area contributed by atoms with Gasteiger partial charge in [0.2, 0.25) is 0 Å². The number of aryl methyl sites for hydroxylation is 1. The van der Waals surface area contributed by atoms with Gasteiger partial charge in [-0.25, -0.2) is 0 Å².